The van der Waals surface area contributed by atoms with E-state index in [1.807, 2.05) is 38.1 Å². The number of hydrogen-bond donors (Lipinski definition) is 0. The highest BCUT2D eigenvalue weighted by atomic mass is 19.4. The molecule has 0 spiro atoms. The second kappa shape index (κ2) is 10.3. The number of benzene rings is 2. The van der Waals surface area contributed by atoms with Crippen molar-refractivity contribution in [3.05, 3.63) is 58.9 Å². The van der Waals surface area contributed by atoms with Gasteiger partial charge in [-0.25, -0.2) is 4.39 Å². The number of unbranched alkanes of at least 4 members (excludes halogenated alkanes) is 1. The highest BCUT2D eigenvalue weighted by molar-refractivity contribution is 5.76. The molecule has 1 fully saturated rings. The highest BCUT2D eigenvalue weighted by Crippen LogP contribution is 2.42. The van der Waals surface area contributed by atoms with Crippen LogP contribution >= 0.6 is 0 Å². The number of alkyl halides is 3. The fourth-order valence-electron chi connectivity index (χ4n) is 3.50. The van der Waals surface area contributed by atoms with E-state index < -0.39 is 40.9 Å². The maximum Gasteiger partial charge on any atom is 0.422 e. The number of carbonyl (C=O) groups is 1. The minimum absolute atomic E-state index is 0.0133. The number of esters is 1. The van der Waals surface area contributed by atoms with Gasteiger partial charge in [-0.3, -0.25) is 4.79 Å². The van der Waals surface area contributed by atoms with Crippen LogP contribution in [0.2, 0.25) is 0 Å². The Balaban J connectivity index is 1.69. The Morgan fingerprint density at radius 3 is 2.38 bits per heavy atom. The van der Waals surface area contributed by atoms with Gasteiger partial charge in [-0.2, -0.15) is 13.2 Å². The van der Waals surface area contributed by atoms with Crippen molar-refractivity contribution in [2.75, 3.05) is 13.2 Å². The first-order valence-corrected chi connectivity index (χ1v) is 10.6. The Morgan fingerprint density at radius 2 is 1.78 bits per heavy atom. The second-order valence-electron chi connectivity index (χ2n) is 7.88. The lowest BCUT2D eigenvalue weighted by Gasteiger charge is -2.28. The number of ether oxygens (including phenoxy) is 3. The molecule has 2 unspecified atom stereocenters. The van der Waals surface area contributed by atoms with Gasteiger partial charge < -0.3 is 14.2 Å². The lowest BCUT2D eigenvalue weighted by atomic mass is 9.94. The van der Waals surface area contributed by atoms with Crippen molar-refractivity contribution in [1.29, 1.82) is 0 Å². The Morgan fingerprint density at radius 1 is 1.09 bits per heavy atom. The Labute approximate surface area is 184 Å². The van der Waals surface area contributed by atoms with Crippen LogP contribution in [0.5, 0.6) is 11.5 Å². The number of carbonyl (C=O) groups excluding carboxylic acids is 1. The largest absolute Gasteiger partial charge is 0.490 e. The average Bonchev–Trinajstić information content (AvgIpc) is 2.75. The zero-order valence-electron chi connectivity index (χ0n) is 18.0. The van der Waals surface area contributed by atoms with Crippen LogP contribution in [0, 0.1) is 18.7 Å². The monoisotopic (exact) mass is 454 g/mol. The van der Waals surface area contributed by atoms with E-state index in [0.717, 1.165) is 29.7 Å². The molecular formula is C24H26F4O4. The molecule has 32 heavy (non-hydrogen) atoms. The van der Waals surface area contributed by atoms with Crippen molar-refractivity contribution in [2.24, 2.45) is 5.92 Å². The normalized spacial score (nSPS) is 18.9. The Kier molecular flexibility index (Phi) is 7.77. The van der Waals surface area contributed by atoms with Gasteiger partial charge in [0.05, 0.1) is 25.2 Å². The fraction of sp³-hybridized carbons (Fsp3) is 0.458. The maximum atomic E-state index is 14.6. The van der Waals surface area contributed by atoms with Crippen molar-refractivity contribution in [1.82, 2.24) is 0 Å². The van der Waals surface area contributed by atoms with Crippen molar-refractivity contribution in [3.63, 3.8) is 0 Å². The maximum absolute atomic E-state index is 14.6. The summed E-state index contributed by atoms with van der Waals surface area (Å²) in [6.07, 6.45) is -3.01. The Hall–Kier alpha value is -2.61. The molecule has 1 aliphatic heterocycles. The molecule has 0 saturated carbocycles. The summed E-state index contributed by atoms with van der Waals surface area (Å²) in [6.45, 7) is 3.95. The SMILES string of the molecule is CCCCOc1ccc(OC(=O)C2CCC(c3ccc(C)cc3)OC2)c(C(F)(F)F)c1F. The zero-order chi connectivity index (χ0) is 23.3. The molecule has 1 saturated heterocycles. The van der Waals surface area contributed by atoms with Crippen molar-refractivity contribution < 1.29 is 36.6 Å². The van der Waals surface area contributed by atoms with Crippen LogP contribution in [0.25, 0.3) is 0 Å². The van der Waals surface area contributed by atoms with Crippen LogP contribution in [0.4, 0.5) is 17.6 Å². The van der Waals surface area contributed by atoms with Crippen LogP contribution in [-0.4, -0.2) is 19.2 Å². The smallest absolute Gasteiger partial charge is 0.422 e. The van der Waals surface area contributed by atoms with Gasteiger partial charge in [0.2, 0.25) is 0 Å². The summed E-state index contributed by atoms with van der Waals surface area (Å²) < 4.78 is 71.0. The van der Waals surface area contributed by atoms with E-state index >= 15 is 0 Å². The Bertz CT molecular complexity index is 917. The van der Waals surface area contributed by atoms with Crippen LogP contribution < -0.4 is 9.47 Å². The summed E-state index contributed by atoms with van der Waals surface area (Å²) >= 11 is 0. The van der Waals surface area contributed by atoms with Crippen LogP contribution in [0.15, 0.2) is 36.4 Å². The molecule has 0 N–H and O–H groups in total. The summed E-state index contributed by atoms with van der Waals surface area (Å²) in [7, 11) is 0. The van der Waals surface area contributed by atoms with E-state index in [4.69, 9.17) is 14.2 Å². The van der Waals surface area contributed by atoms with E-state index in [-0.39, 0.29) is 19.3 Å². The van der Waals surface area contributed by atoms with E-state index in [9.17, 15) is 22.4 Å². The standard InChI is InChI=1S/C24H26F4O4/c1-3-4-13-30-20-12-11-19(21(22(20)25)24(26,27)28)32-23(29)17-9-10-18(31-14-17)16-7-5-15(2)6-8-16/h5-8,11-12,17-18H,3-4,9-10,13-14H2,1-2H3. The van der Waals surface area contributed by atoms with E-state index in [0.29, 0.717) is 19.3 Å². The van der Waals surface area contributed by atoms with E-state index in [1.165, 1.54) is 0 Å². The van der Waals surface area contributed by atoms with Crippen molar-refractivity contribution in [3.8, 4) is 11.5 Å². The molecular weight excluding hydrogens is 428 g/mol. The molecule has 0 radical (unpaired) electrons. The minimum Gasteiger partial charge on any atom is -0.490 e. The molecule has 2 atom stereocenters. The molecule has 2 aromatic rings. The van der Waals surface area contributed by atoms with Crippen molar-refractivity contribution in [2.45, 2.75) is 51.8 Å². The molecule has 0 aliphatic carbocycles. The fourth-order valence-corrected chi connectivity index (χ4v) is 3.50. The summed E-state index contributed by atoms with van der Waals surface area (Å²) in [4.78, 5) is 12.5. The quantitative estimate of drug-likeness (QED) is 0.210. The molecule has 0 amide bonds. The molecule has 0 bridgehead atoms. The molecule has 174 valence electrons. The van der Waals surface area contributed by atoms with Gasteiger partial charge in [0, 0.05) is 0 Å². The van der Waals surface area contributed by atoms with Gasteiger partial charge in [0.15, 0.2) is 11.6 Å². The lowest BCUT2D eigenvalue weighted by Crippen LogP contribution is -2.31. The predicted octanol–water partition coefficient (Wildman–Crippen LogP) is 6.41. The summed E-state index contributed by atoms with van der Waals surface area (Å²) in [5, 5.41) is 0. The van der Waals surface area contributed by atoms with Crippen LogP contribution in [0.3, 0.4) is 0 Å². The third kappa shape index (κ3) is 5.79. The zero-order valence-corrected chi connectivity index (χ0v) is 18.0. The molecule has 3 rings (SSSR count). The molecule has 0 aromatic heterocycles. The minimum atomic E-state index is -5.05. The number of aryl methyl sites for hydroxylation is 1. The first-order chi connectivity index (χ1) is 15.2. The van der Waals surface area contributed by atoms with Gasteiger partial charge in [0.25, 0.3) is 0 Å². The predicted molar refractivity (Wildman–Crippen MR) is 110 cm³/mol. The second-order valence-corrected chi connectivity index (χ2v) is 7.88. The van der Waals surface area contributed by atoms with Crippen LogP contribution in [0.1, 0.15) is 55.4 Å². The summed E-state index contributed by atoms with van der Waals surface area (Å²) in [6, 6.07) is 9.78. The summed E-state index contributed by atoms with van der Waals surface area (Å²) in [5.41, 5.74) is 0.442. The number of rotatable bonds is 7. The molecule has 4 nitrogen and oxygen atoms in total. The van der Waals surface area contributed by atoms with Gasteiger partial charge in [-0.05, 0) is 43.9 Å². The molecule has 8 heteroatoms. The molecule has 1 aliphatic rings. The van der Waals surface area contributed by atoms with E-state index in [1.54, 1.807) is 0 Å². The van der Waals surface area contributed by atoms with E-state index in [2.05, 4.69) is 0 Å². The van der Waals surface area contributed by atoms with Gasteiger partial charge >= 0.3 is 12.1 Å². The molecule has 2 aromatic carbocycles. The van der Waals surface area contributed by atoms with Crippen molar-refractivity contribution >= 4 is 5.97 Å². The number of halogens is 4. The van der Waals surface area contributed by atoms with Gasteiger partial charge in [0.1, 0.15) is 11.3 Å². The van der Waals surface area contributed by atoms with Crippen LogP contribution in [-0.2, 0) is 15.7 Å². The number of hydrogen-bond acceptors (Lipinski definition) is 4. The van der Waals surface area contributed by atoms with Gasteiger partial charge in [-0.1, -0.05) is 43.2 Å². The first-order valence-electron chi connectivity index (χ1n) is 10.6. The lowest BCUT2D eigenvalue weighted by molar-refractivity contribution is -0.149. The third-order valence-corrected chi connectivity index (χ3v) is 5.38. The summed E-state index contributed by atoms with van der Waals surface area (Å²) in [5.74, 6) is -4.59. The van der Waals surface area contributed by atoms with Gasteiger partial charge in [-0.15, -0.1) is 0 Å². The average molecular weight is 454 g/mol. The first kappa shape index (κ1) is 24.0. The topological polar surface area (TPSA) is 44.8 Å². The molecule has 1 heterocycles. The highest BCUT2D eigenvalue weighted by Gasteiger charge is 2.41. The third-order valence-electron chi connectivity index (χ3n) is 5.38.